The van der Waals surface area contributed by atoms with E-state index in [1.807, 2.05) is 43.3 Å². The number of carbonyl (C=O) groups is 2. The summed E-state index contributed by atoms with van der Waals surface area (Å²) in [4.78, 5) is 30.4. The lowest BCUT2D eigenvalue weighted by atomic mass is 9.92. The molecule has 0 unspecified atom stereocenters. The van der Waals surface area contributed by atoms with Crippen molar-refractivity contribution >= 4 is 17.4 Å². The Balaban J connectivity index is 1.78. The van der Waals surface area contributed by atoms with E-state index in [0.29, 0.717) is 24.6 Å². The van der Waals surface area contributed by atoms with Gasteiger partial charge in [-0.15, -0.1) is 0 Å². The number of likely N-dealkylation sites (N-methyl/N-ethyl adjacent to an activating group) is 1. The summed E-state index contributed by atoms with van der Waals surface area (Å²) in [5.41, 5.74) is 3.69. The van der Waals surface area contributed by atoms with Crippen molar-refractivity contribution in [3.8, 4) is 5.75 Å². The maximum absolute atomic E-state index is 13.3. The summed E-state index contributed by atoms with van der Waals surface area (Å²) in [6, 6.07) is 12.9. The summed E-state index contributed by atoms with van der Waals surface area (Å²) in [6.07, 6.45) is 0.821. The van der Waals surface area contributed by atoms with Crippen LogP contribution in [0.5, 0.6) is 5.75 Å². The summed E-state index contributed by atoms with van der Waals surface area (Å²) in [5.74, 6) is -0.155. The number of Topliss-reactive ketones (excluding diaryl/α,β-unsaturated/α-hetero) is 1. The Morgan fingerprint density at radius 1 is 1.11 bits per heavy atom. The van der Waals surface area contributed by atoms with Crippen LogP contribution >= 0.6 is 0 Å². The Bertz CT molecular complexity index is 1130. The van der Waals surface area contributed by atoms with Gasteiger partial charge >= 0.3 is 0 Å². The minimum absolute atomic E-state index is 0.0764. The fourth-order valence-electron chi connectivity index (χ4n) is 5.03. The van der Waals surface area contributed by atoms with Gasteiger partial charge in [-0.2, -0.15) is 0 Å². The second-order valence-corrected chi connectivity index (χ2v) is 9.80. The molecule has 2 aliphatic heterocycles. The first kappa shape index (κ1) is 25.0. The van der Waals surface area contributed by atoms with Crippen LogP contribution in [0, 0.1) is 0 Å². The number of hydrogen-bond donors (Lipinski definition) is 1. The van der Waals surface area contributed by atoms with Crippen LogP contribution < -0.4 is 4.74 Å². The zero-order valence-corrected chi connectivity index (χ0v) is 21.4. The number of fused-ring (bicyclic) bond motifs is 1. The normalized spacial score (nSPS) is 21.2. The topological polar surface area (TPSA) is 70.1 Å². The molecule has 0 saturated carbocycles. The number of ether oxygens (including phenoxy) is 1. The molecule has 2 atom stereocenters. The van der Waals surface area contributed by atoms with E-state index >= 15 is 0 Å². The van der Waals surface area contributed by atoms with E-state index in [2.05, 4.69) is 32.6 Å². The van der Waals surface area contributed by atoms with Crippen molar-refractivity contribution in [2.24, 2.45) is 0 Å². The van der Waals surface area contributed by atoms with Gasteiger partial charge in [-0.25, -0.2) is 0 Å². The molecule has 1 saturated heterocycles. The molecule has 2 aliphatic rings. The van der Waals surface area contributed by atoms with Gasteiger partial charge in [0.25, 0.3) is 11.7 Å². The van der Waals surface area contributed by atoms with Crippen molar-refractivity contribution in [1.29, 1.82) is 0 Å². The van der Waals surface area contributed by atoms with Crippen molar-refractivity contribution in [3.63, 3.8) is 0 Å². The highest BCUT2D eigenvalue weighted by Crippen LogP contribution is 2.40. The summed E-state index contributed by atoms with van der Waals surface area (Å²) in [5, 5.41) is 11.4. The minimum atomic E-state index is -0.634. The second-order valence-electron chi connectivity index (χ2n) is 9.80. The predicted octanol–water partition coefficient (Wildman–Crippen LogP) is 4.90. The second kappa shape index (κ2) is 10.2. The van der Waals surface area contributed by atoms with Crippen LogP contribution in [-0.4, -0.2) is 58.9 Å². The maximum atomic E-state index is 13.3. The van der Waals surface area contributed by atoms with Crippen LogP contribution in [0.2, 0.25) is 0 Å². The third-order valence-electron chi connectivity index (χ3n) is 7.18. The van der Waals surface area contributed by atoms with E-state index in [-0.39, 0.29) is 17.4 Å². The molecule has 1 fully saturated rings. The van der Waals surface area contributed by atoms with E-state index in [1.54, 1.807) is 11.0 Å². The van der Waals surface area contributed by atoms with E-state index in [9.17, 15) is 14.7 Å². The minimum Gasteiger partial charge on any atom is -0.507 e. The van der Waals surface area contributed by atoms with Crippen LogP contribution in [0.1, 0.15) is 68.8 Å². The number of rotatable bonds is 8. The largest absolute Gasteiger partial charge is 0.507 e. The predicted molar refractivity (Wildman–Crippen MR) is 138 cm³/mol. The lowest BCUT2D eigenvalue weighted by molar-refractivity contribution is -0.140. The molecule has 6 nitrogen and oxygen atoms in total. The van der Waals surface area contributed by atoms with Gasteiger partial charge in [-0.3, -0.25) is 9.59 Å². The van der Waals surface area contributed by atoms with Gasteiger partial charge in [0.05, 0.1) is 11.6 Å². The monoisotopic (exact) mass is 476 g/mol. The van der Waals surface area contributed by atoms with Crippen molar-refractivity contribution in [3.05, 3.63) is 70.3 Å². The fourth-order valence-corrected chi connectivity index (χ4v) is 5.03. The van der Waals surface area contributed by atoms with Gasteiger partial charge < -0.3 is 19.6 Å². The molecule has 0 aromatic heterocycles. The number of aliphatic hydroxyl groups excluding tert-OH is 1. The number of likely N-dealkylation sites (tertiary alicyclic amines) is 1. The van der Waals surface area contributed by atoms with Crippen LogP contribution in [0.25, 0.3) is 5.76 Å². The molecule has 2 heterocycles. The highest BCUT2D eigenvalue weighted by Gasteiger charge is 2.46. The number of nitrogens with zero attached hydrogens (tertiary/aromatic N) is 2. The average Bonchev–Trinajstić information content (AvgIpc) is 3.35. The van der Waals surface area contributed by atoms with Crippen molar-refractivity contribution in [2.45, 2.75) is 59.1 Å². The molecule has 2 aromatic rings. The van der Waals surface area contributed by atoms with Gasteiger partial charge in [-0.05, 0) is 60.8 Å². The third kappa shape index (κ3) is 4.85. The highest BCUT2D eigenvalue weighted by molar-refractivity contribution is 6.46. The number of amides is 1. The summed E-state index contributed by atoms with van der Waals surface area (Å²) >= 11 is 0. The quantitative estimate of drug-likeness (QED) is 0.334. The number of benzene rings is 2. The van der Waals surface area contributed by atoms with Crippen molar-refractivity contribution in [2.75, 3.05) is 26.2 Å². The molecule has 2 aromatic carbocycles. The summed E-state index contributed by atoms with van der Waals surface area (Å²) < 4.78 is 5.79. The Kier molecular flexibility index (Phi) is 7.31. The first-order valence-electron chi connectivity index (χ1n) is 12.7. The number of hydrogen-bond acceptors (Lipinski definition) is 5. The van der Waals surface area contributed by atoms with Gasteiger partial charge in [-0.1, -0.05) is 52.0 Å². The summed E-state index contributed by atoms with van der Waals surface area (Å²) in [6.45, 7) is 13.2. The first-order valence-corrected chi connectivity index (χ1v) is 12.7. The third-order valence-corrected chi connectivity index (χ3v) is 7.18. The fraction of sp³-hybridized carbons (Fsp3) is 0.448. The van der Waals surface area contributed by atoms with Crippen molar-refractivity contribution in [1.82, 2.24) is 9.80 Å². The molecule has 1 N–H and O–H groups in total. The number of ketones is 1. The Labute approximate surface area is 208 Å². The van der Waals surface area contributed by atoms with Gasteiger partial charge in [0, 0.05) is 25.1 Å². The molecule has 0 radical (unpaired) electrons. The number of aliphatic hydroxyl groups is 1. The van der Waals surface area contributed by atoms with E-state index < -0.39 is 17.7 Å². The van der Waals surface area contributed by atoms with E-state index in [4.69, 9.17) is 4.74 Å². The zero-order chi connectivity index (χ0) is 25.3. The molecule has 35 heavy (non-hydrogen) atoms. The molecule has 0 spiro atoms. The van der Waals surface area contributed by atoms with E-state index in [1.165, 1.54) is 5.56 Å². The van der Waals surface area contributed by atoms with Crippen molar-refractivity contribution < 1.29 is 19.4 Å². The lowest BCUT2D eigenvalue weighted by Gasteiger charge is -2.28. The zero-order valence-electron chi connectivity index (χ0n) is 21.4. The Morgan fingerprint density at radius 3 is 2.43 bits per heavy atom. The molecule has 0 aliphatic carbocycles. The van der Waals surface area contributed by atoms with Crippen LogP contribution in [0.4, 0.5) is 0 Å². The maximum Gasteiger partial charge on any atom is 0.295 e. The Hall–Kier alpha value is -3.12. The Morgan fingerprint density at radius 2 is 1.80 bits per heavy atom. The van der Waals surface area contributed by atoms with Gasteiger partial charge in [0.2, 0.25) is 0 Å². The molecular formula is C29H36N2O4. The molecule has 186 valence electrons. The molecular weight excluding hydrogens is 440 g/mol. The van der Waals surface area contributed by atoms with Gasteiger partial charge in [0.1, 0.15) is 17.6 Å². The molecule has 4 rings (SSSR count). The molecule has 0 bridgehead atoms. The van der Waals surface area contributed by atoms with Gasteiger partial charge in [0.15, 0.2) is 0 Å². The van der Waals surface area contributed by atoms with E-state index in [0.717, 1.165) is 36.4 Å². The van der Waals surface area contributed by atoms with Crippen LogP contribution in [-0.2, 0) is 16.0 Å². The summed E-state index contributed by atoms with van der Waals surface area (Å²) in [7, 11) is 0. The lowest BCUT2D eigenvalue weighted by Crippen LogP contribution is -2.38. The van der Waals surface area contributed by atoms with Crippen LogP contribution in [0.3, 0.4) is 0 Å². The average molecular weight is 477 g/mol. The highest BCUT2D eigenvalue weighted by atomic mass is 16.5. The standard InChI is InChI=1S/C29H36N2O4/c1-6-30(7-2)14-15-31-26(21-10-8-20(9-11-21)18(3)4)25(28(33)29(31)34)27(32)22-12-13-24-23(17-22)16-19(5)35-24/h8-13,17-19,26,32H,6-7,14-16H2,1-5H3/b27-25+/t19-,26+/m1/s1. The van der Waals surface area contributed by atoms with Crippen LogP contribution in [0.15, 0.2) is 48.0 Å². The number of carbonyl (C=O) groups excluding carboxylic acids is 2. The smallest absolute Gasteiger partial charge is 0.295 e. The molecule has 1 amide bonds. The molecule has 6 heteroatoms. The SMILES string of the molecule is CCN(CC)CCN1C(=O)C(=O)/C(=C(/O)c2ccc3c(c2)C[C@@H](C)O3)[C@@H]1c1ccc(C(C)C)cc1. The first-order chi connectivity index (χ1) is 16.7.